The van der Waals surface area contributed by atoms with Crippen molar-refractivity contribution in [1.29, 1.82) is 0 Å². The van der Waals surface area contributed by atoms with Gasteiger partial charge in [-0.05, 0) is 30.7 Å². The van der Waals surface area contributed by atoms with E-state index in [1.54, 1.807) is 6.92 Å². The number of hydrogen-bond acceptors (Lipinski definition) is 7. The van der Waals surface area contributed by atoms with Crippen LogP contribution in [0.25, 0.3) is 5.76 Å². The van der Waals surface area contributed by atoms with E-state index < -0.39 is 45.6 Å². The standard InChI is InChI=1S/C16H10O7/c1-6-2-7-10(9(18)3-6)13(20)11-8(12(7)19)4-16(23,5-17)15(22)14(11)21/h2-5,18,20,23H,1H3. The van der Waals surface area contributed by atoms with Crippen LogP contribution >= 0.6 is 0 Å². The van der Waals surface area contributed by atoms with E-state index in [0.29, 0.717) is 11.6 Å². The molecule has 23 heavy (non-hydrogen) atoms. The maximum Gasteiger partial charge on any atom is 0.246 e. The highest BCUT2D eigenvalue weighted by atomic mass is 16.3. The molecule has 0 bridgehead atoms. The van der Waals surface area contributed by atoms with Crippen molar-refractivity contribution in [2.75, 3.05) is 0 Å². The van der Waals surface area contributed by atoms with Crippen molar-refractivity contribution in [3.8, 4) is 5.75 Å². The lowest BCUT2D eigenvalue weighted by Crippen LogP contribution is -2.48. The van der Waals surface area contributed by atoms with E-state index in [9.17, 15) is 34.5 Å². The Morgan fingerprint density at radius 1 is 1.09 bits per heavy atom. The van der Waals surface area contributed by atoms with Crippen LogP contribution in [0.15, 0.2) is 29.4 Å². The Labute approximate surface area is 129 Å². The van der Waals surface area contributed by atoms with Gasteiger partial charge in [-0.2, -0.15) is 0 Å². The second-order valence-electron chi connectivity index (χ2n) is 5.42. The molecule has 116 valence electrons. The van der Waals surface area contributed by atoms with E-state index in [1.165, 1.54) is 12.1 Å². The number of allylic oxidation sites excluding steroid dienone is 2. The number of rotatable bonds is 1. The first-order chi connectivity index (χ1) is 10.7. The average Bonchev–Trinajstić information content (AvgIpc) is 2.49. The number of phenols is 1. The number of ketones is 3. The van der Waals surface area contributed by atoms with Gasteiger partial charge in [0.2, 0.25) is 17.2 Å². The molecule has 0 saturated heterocycles. The van der Waals surface area contributed by atoms with Gasteiger partial charge in [0, 0.05) is 11.1 Å². The summed E-state index contributed by atoms with van der Waals surface area (Å²) in [7, 11) is 0. The molecular weight excluding hydrogens is 304 g/mol. The molecule has 2 aliphatic carbocycles. The van der Waals surface area contributed by atoms with E-state index >= 15 is 0 Å². The predicted molar refractivity (Wildman–Crippen MR) is 75.8 cm³/mol. The number of phenolic OH excluding ortho intramolecular Hbond substituents is 1. The first-order valence-corrected chi connectivity index (χ1v) is 6.54. The Balaban J connectivity index is 2.42. The summed E-state index contributed by atoms with van der Waals surface area (Å²) in [6.45, 7) is 1.61. The van der Waals surface area contributed by atoms with Crippen molar-refractivity contribution >= 4 is 29.4 Å². The van der Waals surface area contributed by atoms with E-state index in [0.717, 1.165) is 0 Å². The number of aldehydes is 1. The molecule has 0 heterocycles. The fourth-order valence-electron chi connectivity index (χ4n) is 2.74. The second kappa shape index (κ2) is 4.47. The minimum atomic E-state index is -2.74. The maximum absolute atomic E-state index is 12.5. The number of aliphatic hydroxyl groups excluding tert-OH is 1. The summed E-state index contributed by atoms with van der Waals surface area (Å²) in [5, 5.41) is 30.1. The number of carbonyl (C=O) groups excluding carboxylic acids is 4. The van der Waals surface area contributed by atoms with Crippen LogP contribution in [0.2, 0.25) is 0 Å². The number of fused-ring (bicyclic) bond motifs is 2. The van der Waals surface area contributed by atoms with Gasteiger partial charge < -0.3 is 15.3 Å². The normalized spacial score (nSPS) is 23.4. The minimum Gasteiger partial charge on any atom is -0.507 e. The van der Waals surface area contributed by atoms with Crippen LogP contribution in [-0.4, -0.2) is 44.6 Å². The van der Waals surface area contributed by atoms with Crippen molar-refractivity contribution in [1.82, 2.24) is 0 Å². The zero-order valence-corrected chi connectivity index (χ0v) is 11.8. The third-order valence-corrected chi connectivity index (χ3v) is 3.84. The van der Waals surface area contributed by atoms with Gasteiger partial charge >= 0.3 is 0 Å². The highest BCUT2D eigenvalue weighted by molar-refractivity contribution is 6.54. The molecule has 3 N–H and O–H groups in total. The number of aryl methyl sites for hydroxylation is 1. The Morgan fingerprint density at radius 2 is 1.74 bits per heavy atom. The van der Waals surface area contributed by atoms with Gasteiger partial charge in [-0.1, -0.05) is 0 Å². The van der Waals surface area contributed by atoms with Crippen LogP contribution in [0.4, 0.5) is 0 Å². The fourth-order valence-corrected chi connectivity index (χ4v) is 2.74. The number of carbonyl (C=O) groups is 4. The van der Waals surface area contributed by atoms with Crippen LogP contribution in [0, 0.1) is 6.92 Å². The summed E-state index contributed by atoms with van der Waals surface area (Å²) in [6.07, 6.45) is 0.504. The largest absolute Gasteiger partial charge is 0.507 e. The molecule has 0 spiro atoms. The van der Waals surface area contributed by atoms with Crippen LogP contribution in [-0.2, 0) is 14.4 Å². The summed E-state index contributed by atoms with van der Waals surface area (Å²) in [6, 6.07) is 2.67. The zero-order chi connectivity index (χ0) is 17.1. The topological polar surface area (TPSA) is 129 Å². The summed E-state index contributed by atoms with van der Waals surface area (Å²) in [5.41, 5.74) is -3.64. The van der Waals surface area contributed by atoms with Crippen LogP contribution < -0.4 is 0 Å². The highest BCUT2D eigenvalue weighted by Gasteiger charge is 2.49. The molecule has 1 aromatic carbocycles. The second-order valence-corrected chi connectivity index (χ2v) is 5.42. The molecule has 0 amide bonds. The summed E-state index contributed by atoms with van der Waals surface area (Å²) < 4.78 is 0. The predicted octanol–water partition coefficient (Wildman–Crippen LogP) is 0.174. The van der Waals surface area contributed by atoms with Gasteiger partial charge in [0.1, 0.15) is 11.5 Å². The molecular formula is C16H10O7. The van der Waals surface area contributed by atoms with Crippen LogP contribution in [0.5, 0.6) is 5.75 Å². The molecule has 0 radical (unpaired) electrons. The highest BCUT2D eigenvalue weighted by Crippen LogP contribution is 2.41. The molecule has 1 aromatic rings. The first kappa shape index (κ1) is 14.9. The summed E-state index contributed by atoms with van der Waals surface area (Å²) in [5.74, 6) is -4.79. The van der Waals surface area contributed by atoms with Gasteiger partial charge in [0.25, 0.3) is 0 Å². The Kier molecular flexibility index (Phi) is 2.89. The van der Waals surface area contributed by atoms with Gasteiger partial charge in [-0.25, -0.2) is 0 Å². The van der Waals surface area contributed by atoms with Gasteiger partial charge in [0.15, 0.2) is 12.1 Å². The Bertz CT molecular complexity index is 888. The number of benzene rings is 1. The molecule has 3 rings (SSSR count). The van der Waals surface area contributed by atoms with E-state index in [1.807, 2.05) is 0 Å². The quantitative estimate of drug-likeness (QED) is 0.383. The first-order valence-electron chi connectivity index (χ1n) is 6.54. The van der Waals surface area contributed by atoms with Gasteiger partial charge in [0.05, 0.1) is 11.1 Å². The minimum absolute atomic E-state index is 0.0922. The van der Waals surface area contributed by atoms with Crippen molar-refractivity contribution < 1.29 is 34.5 Å². The van der Waals surface area contributed by atoms with Crippen molar-refractivity contribution in [2.24, 2.45) is 0 Å². The van der Waals surface area contributed by atoms with Crippen LogP contribution in [0.1, 0.15) is 21.5 Å². The molecule has 0 fully saturated rings. The smallest absolute Gasteiger partial charge is 0.246 e. The van der Waals surface area contributed by atoms with Crippen molar-refractivity contribution in [3.63, 3.8) is 0 Å². The number of aromatic hydroxyl groups is 1. The molecule has 7 heteroatoms. The number of aliphatic hydroxyl groups is 2. The van der Waals surface area contributed by atoms with Crippen molar-refractivity contribution in [3.05, 3.63) is 46.0 Å². The molecule has 0 saturated carbocycles. The number of hydrogen-bond donors (Lipinski definition) is 3. The van der Waals surface area contributed by atoms with Crippen molar-refractivity contribution in [2.45, 2.75) is 12.5 Å². The average molecular weight is 314 g/mol. The molecule has 1 atom stereocenters. The lowest BCUT2D eigenvalue weighted by molar-refractivity contribution is -0.147. The summed E-state index contributed by atoms with van der Waals surface area (Å²) >= 11 is 0. The summed E-state index contributed by atoms with van der Waals surface area (Å²) in [4.78, 5) is 47.5. The van der Waals surface area contributed by atoms with E-state index in [-0.39, 0.29) is 17.4 Å². The molecule has 0 aliphatic heterocycles. The lowest BCUT2D eigenvalue weighted by Gasteiger charge is -2.28. The lowest BCUT2D eigenvalue weighted by atomic mass is 9.74. The molecule has 2 aliphatic rings. The zero-order valence-electron chi connectivity index (χ0n) is 11.8. The third kappa shape index (κ3) is 1.80. The van der Waals surface area contributed by atoms with Gasteiger partial charge in [-0.15, -0.1) is 0 Å². The van der Waals surface area contributed by atoms with E-state index in [2.05, 4.69) is 0 Å². The van der Waals surface area contributed by atoms with Crippen LogP contribution in [0.3, 0.4) is 0 Å². The van der Waals surface area contributed by atoms with Gasteiger partial charge in [-0.3, -0.25) is 19.2 Å². The SMILES string of the molecule is Cc1cc(O)c2c(c1)C(=O)C1=CC(O)(C=O)C(=O)C(=O)C1=C2O. The molecule has 7 nitrogen and oxygen atoms in total. The monoisotopic (exact) mass is 314 g/mol. The maximum atomic E-state index is 12.5. The van der Waals surface area contributed by atoms with E-state index in [4.69, 9.17) is 0 Å². The molecule has 1 unspecified atom stereocenters. The fraction of sp³-hybridized carbons (Fsp3) is 0.125. The third-order valence-electron chi connectivity index (χ3n) is 3.84. The Morgan fingerprint density at radius 3 is 2.35 bits per heavy atom. The molecule has 0 aromatic heterocycles. The Hall–Kier alpha value is -3.06. The number of Topliss-reactive ketones (excluding diaryl/α,β-unsaturated/α-hetero) is 3.